The second-order valence-electron chi connectivity index (χ2n) is 4.72. The van der Waals surface area contributed by atoms with Crippen molar-refractivity contribution in [1.82, 2.24) is 4.90 Å². The minimum Gasteiger partial charge on any atom is -0.275 e. The fourth-order valence-electron chi connectivity index (χ4n) is 1.22. The molecule has 15 heavy (non-hydrogen) atoms. The highest BCUT2D eigenvalue weighted by Crippen LogP contribution is 2.15. The molecule has 0 fully saturated rings. The molecule has 0 aromatic heterocycles. The van der Waals surface area contributed by atoms with E-state index in [1.807, 2.05) is 26.8 Å². The number of nitrogens with zero attached hydrogens (tertiary/aromatic N) is 1. The molecule has 2 amide bonds. The van der Waals surface area contributed by atoms with Gasteiger partial charge in [-0.15, -0.1) is 0 Å². The molecule has 1 rings (SSSR count). The van der Waals surface area contributed by atoms with Gasteiger partial charge in [0.25, 0.3) is 11.8 Å². The van der Waals surface area contributed by atoms with Gasteiger partial charge in [-0.3, -0.25) is 14.5 Å². The summed E-state index contributed by atoms with van der Waals surface area (Å²) < 4.78 is 0. The summed E-state index contributed by atoms with van der Waals surface area (Å²) in [7, 11) is 0. The maximum absolute atomic E-state index is 11.6. The van der Waals surface area contributed by atoms with Crippen LogP contribution in [0.4, 0.5) is 0 Å². The van der Waals surface area contributed by atoms with E-state index in [0.29, 0.717) is 6.54 Å². The van der Waals surface area contributed by atoms with Crippen molar-refractivity contribution in [2.45, 2.75) is 27.2 Å². The van der Waals surface area contributed by atoms with Crippen molar-refractivity contribution in [3.63, 3.8) is 0 Å². The number of carbonyl (C=O) groups excluding carboxylic acids is 2. The molecular formula is C12H17NO2. The van der Waals surface area contributed by atoms with Gasteiger partial charge >= 0.3 is 0 Å². The van der Waals surface area contributed by atoms with E-state index in [1.54, 1.807) is 6.08 Å². The lowest BCUT2D eigenvalue weighted by molar-refractivity contribution is -0.139. The predicted octanol–water partition coefficient (Wildman–Crippen LogP) is 1.90. The van der Waals surface area contributed by atoms with Crippen LogP contribution in [0.3, 0.4) is 0 Å². The first kappa shape index (κ1) is 11.7. The summed E-state index contributed by atoms with van der Waals surface area (Å²) in [4.78, 5) is 24.3. The summed E-state index contributed by atoms with van der Waals surface area (Å²) in [6.45, 7) is 6.51. The number of allylic oxidation sites excluding steroid dienone is 1. The average Bonchev–Trinajstić information content (AvgIpc) is 2.14. The van der Waals surface area contributed by atoms with E-state index in [1.165, 1.54) is 17.1 Å². The zero-order chi connectivity index (χ0) is 11.5. The van der Waals surface area contributed by atoms with Crippen LogP contribution < -0.4 is 0 Å². The molecule has 3 heteroatoms. The molecule has 1 aliphatic rings. The fourth-order valence-corrected chi connectivity index (χ4v) is 1.22. The van der Waals surface area contributed by atoms with E-state index < -0.39 is 0 Å². The maximum atomic E-state index is 11.6. The van der Waals surface area contributed by atoms with Gasteiger partial charge in [-0.25, -0.2) is 0 Å². The number of imide groups is 1. The van der Waals surface area contributed by atoms with Gasteiger partial charge < -0.3 is 0 Å². The Morgan fingerprint density at radius 2 is 2.13 bits per heavy atom. The zero-order valence-corrected chi connectivity index (χ0v) is 9.49. The van der Waals surface area contributed by atoms with Gasteiger partial charge in [0, 0.05) is 12.6 Å². The van der Waals surface area contributed by atoms with Crippen molar-refractivity contribution < 1.29 is 9.59 Å². The first-order valence-corrected chi connectivity index (χ1v) is 5.11. The smallest absolute Gasteiger partial charge is 0.253 e. The van der Waals surface area contributed by atoms with Gasteiger partial charge in [0.15, 0.2) is 0 Å². The number of amides is 2. The minimum atomic E-state index is -0.223. The van der Waals surface area contributed by atoms with E-state index in [0.717, 1.165) is 6.42 Å². The van der Waals surface area contributed by atoms with Crippen molar-refractivity contribution in [1.29, 1.82) is 0 Å². The van der Waals surface area contributed by atoms with Crippen LogP contribution in [0.1, 0.15) is 27.2 Å². The standard InChI is InChI=1S/C12H17NO2/c1-12(2,3)8-7-11(15)13-9-5-4-6-10(13)14/h4,6-8H,5,9H2,1-3H3/b8-7+. The molecule has 0 aromatic carbocycles. The number of rotatable bonds is 1. The van der Waals surface area contributed by atoms with Crippen LogP contribution in [-0.2, 0) is 9.59 Å². The second kappa shape index (κ2) is 4.43. The van der Waals surface area contributed by atoms with Crippen molar-refractivity contribution >= 4 is 11.8 Å². The first-order valence-electron chi connectivity index (χ1n) is 5.11. The average molecular weight is 207 g/mol. The monoisotopic (exact) mass is 207 g/mol. The lowest BCUT2D eigenvalue weighted by Crippen LogP contribution is -2.37. The van der Waals surface area contributed by atoms with Crippen LogP contribution in [0.25, 0.3) is 0 Å². The van der Waals surface area contributed by atoms with Crippen LogP contribution in [-0.4, -0.2) is 23.3 Å². The van der Waals surface area contributed by atoms with Gasteiger partial charge in [-0.1, -0.05) is 32.9 Å². The third-order valence-electron chi connectivity index (χ3n) is 2.04. The molecule has 0 saturated heterocycles. The SMILES string of the molecule is CC(C)(C)/C=C/C(=O)N1CCC=CC1=O. The van der Waals surface area contributed by atoms with Gasteiger partial charge in [-0.05, 0) is 17.9 Å². The molecule has 0 aromatic rings. The van der Waals surface area contributed by atoms with E-state index >= 15 is 0 Å². The summed E-state index contributed by atoms with van der Waals surface area (Å²) >= 11 is 0. The molecule has 0 spiro atoms. The lowest BCUT2D eigenvalue weighted by Gasteiger charge is -2.20. The molecule has 1 heterocycles. The molecule has 0 N–H and O–H groups in total. The molecule has 0 unspecified atom stereocenters. The Kier molecular flexibility index (Phi) is 3.45. The van der Waals surface area contributed by atoms with Crippen molar-refractivity contribution in [3.8, 4) is 0 Å². The number of hydrogen-bond acceptors (Lipinski definition) is 2. The van der Waals surface area contributed by atoms with Gasteiger partial charge in [0.05, 0.1) is 0 Å². The van der Waals surface area contributed by atoms with E-state index in [9.17, 15) is 9.59 Å². The van der Waals surface area contributed by atoms with E-state index in [2.05, 4.69) is 0 Å². The molecule has 0 saturated carbocycles. The van der Waals surface area contributed by atoms with Crippen LogP contribution in [0.5, 0.6) is 0 Å². The lowest BCUT2D eigenvalue weighted by atomic mass is 9.96. The Morgan fingerprint density at radius 3 is 2.67 bits per heavy atom. The third kappa shape index (κ3) is 3.70. The van der Waals surface area contributed by atoms with Crippen molar-refractivity contribution in [2.75, 3.05) is 6.54 Å². The molecular weight excluding hydrogens is 190 g/mol. The van der Waals surface area contributed by atoms with Gasteiger partial charge in [0.2, 0.25) is 0 Å². The van der Waals surface area contributed by atoms with E-state index in [4.69, 9.17) is 0 Å². The summed E-state index contributed by atoms with van der Waals surface area (Å²) in [5.74, 6) is -0.441. The highest BCUT2D eigenvalue weighted by Gasteiger charge is 2.19. The summed E-state index contributed by atoms with van der Waals surface area (Å²) in [5, 5.41) is 0. The quantitative estimate of drug-likeness (QED) is 0.616. The molecule has 3 nitrogen and oxygen atoms in total. The molecule has 0 radical (unpaired) electrons. The zero-order valence-electron chi connectivity index (χ0n) is 9.49. The largest absolute Gasteiger partial charge is 0.275 e. The van der Waals surface area contributed by atoms with Crippen LogP contribution in [0, 0.1) is 5.41 Å². The van der Waals surface area contributed by atoms with Crippen LogP contribution >= 0.6 is 0 Å². The Morgan fingerprint density at radius 1 is 1.47 bits per heavy atom. The van der Waals surface area contributed by atoms with Crippen molar-refractivity contribution in [3.05, 3.63) is 24.3 Å². The molecule has 0 bridgehead atoms. The summed E-state index contributed by atoms with van der Waals surface area (Å²) in [6, 6.07) is 0. The Bertz CT molecular complexity index is 321. The van der Waals surface area contributed by atoms with E-state index in [-0.39, 0.29) is 17.2 Å². The first-order chi connectivity index (χ1) is 6.90. The normalized spacial score (nSPS) is 17.5. The van der Waals surface area contributed by atoms with Gasteiger partial charge in [0.1, 0.15) is 0 Å². The van der Waals surface area contributed by atoms with Gasteiger partial charge in [-0.2, -0.15) is 0 Å². The summed E-state index contributed by atoms with van der Waals surface area (Å²) in [6.07, 6.45) is 7.30. The van der Waals surface area contributed by atoms with Crippen molar-refractivity contribution in [2.24, 2.45) is 5.41 Å². The topological polar surface area (TPSA) is 37.4 Å². The Labute approximate surface area is 90.5 Å². The number of carbonyl (C=O) groups is 2. The Hall–Kier alpha value is -1.38. The second-order valence-corrected chi connectivity index (χ2v) is 4.72. The third-order valence-corrected chi connectivity index (χ3v) is 2.04. The highest BCUT2D eigenvalue weighted by molar-refractivity contribution is 6.05. The molecule has 0 aliphatic carbocycles. The Balaban J connectivity index is 2.65. The fraction of sp³-hybridized carbons (Fsp3) is 0.500. The van der Waals surface area contributed by atoms with Crippen LogP contribution in [0.2, 0.25) is 0 Å². The number of hydrogen-bond donors (Lipinski definition) is 0. The molecule has 1 aliphatic heterocycles. The van der Waals surface area contributed by atoms with Crippen LogP contribution in [0.15, 0.2) is 24.3 Å². The predicted molar refractivity (Wildman–Crippen MR) is 59.1 cm³/mol. The highest BCUT2D eigenvalue weighted by atomic mass is 16.2. The summed E-state index contributed by atoms with van der Waals surface area (Å²) in [5.41, 5.74) is -0.0374. The maximum Gasteiger partial charge on any atom is 0.253 e. The minimum absolute atomic E-state index is 0.0374. The molecule has 82 valence electrons. The molecule has 0 atom stereocenters.